The first kappa shape index (κ1) is 15.3. The van der Waals surface area contributed by atoms with E-state index in [1.807, 2.05) is 7.11 Å². The Kier molecular flexibility index (Phi) is 5.70. The Bertz CT molecular complexity index is 256. The van der Waals surface area contributed by atoms with Crippen molar-refractivity contribution in [2.75, 3.05) is 13.7 Å². The Morgan fingerprint density at radius 1 is 1.21 bits per heavy atom. The quantitative estimate of drug-likeness (QED) is 0.748. The van der Waals surface area contributed by atoms with Crippen molar-refractivity contribution in [1.29, 1.82) is 0 Å². The van der Waals surface area contributed by atoms with Gasteiger partial charge in [-0.05, 0) is 56.9 Å². The summed E-state index contributed by atoms with van der Waals surface area (Å²) in [7, 11) is 1.93. The number of nitrogens with one attached hydrogen (secondary N) is 1. The summed E-state index contributed by atoms with van der Waals surface area (Å²) in [5.41, 5.74) is 0.162. The molecule has 2 aliphatic rings. The second-order valence-electron chi connectivity index (χ2n) is 6.76. The zero-order chi connectivity index (χ0) is 13.7. The number of hydrogen-bond acceptors (Lipinski definition) is 2. The van der Waals surface area contributed by atoms with Gasteiger partial charge in [-0.25, -0.2) is 0 Å². The van der Waals surface area contributed by atoms with E-state index in [4.69, 9.17) is 4.74 Å². The zero-order valence-corrected chi connectivity index (χ0v) is 13.2. The van der Waals surface area contributed by atoms with Gasteiger partial charge in [0.1, 0.15) is 0 Å². The molecule has 0 radical (unpaired) electrons. The van der Waals surface area contributed by atoms with Crippen molar-refractivity contribution in [3.8, 4) is 0 Å². The summed E-state index contributed by atoms with van der Waals surface area (Å²) >= 11 is 0. The molecule has 0 amide bonds. The van der Waals surface area contributed by atoms with E-state index in [9.17, 15) is 0 Å². The van der Waals surface area contributed by atoms with Gasteiger partial charge < -0.3 is 10.1 Å². The molecular formula is C17H33NO. The second-order valence-corrected chi connectivity index (χ2v) is 6.76. The third-order valence-electron chi connectivity index (χ3n) is 5.66. The van der Waals surface area contributed by atoms with Crippen LogP contribution in [0.4, 0.5) is 0 Å². The molecule has 2 saturated carbocycles. The van der Waals surface area contributed by atoms with Gasteiger partial charge in [0.2, 0.25) is 0 Å². The molecule has 0 spiro atoms. The van der Waals surface area contributed by atoms with E-state index in [1.165, 1.54) is 57.8 Å². The third-order valence-corrected chi connectivity index (χ3v) is 5.66. The fraction of sp³-hybridized carbons (Fsp3) is 1.00. The molecule has 0 aromatic rings. The van der Waals surface area contributed by atoms with Crippen LogP contribution in [0.25, 0.3) is 0 Å². The summed E-state index contributed by atoms with van der Waals surface area (Å²) in [6, 6.07) is 0.598. The molecule has 2 rings (SSSR count). The van der Waals surface area contributed by atoms with Gasteiger partial charge in [-0.1, -0.05) is 33.1 Å². The zero-order valence-electron chi connectivity index (χ0n) is 13.2. The molecule has 2 fully saturated rings. The molecule has 0 aromatic heterocycles. The van der Waals surface area contributed by atoms with Crippen LogP contribution in [0, 0.1) is 11.8 Å². The topological polar surface area (TPSA) is 21.3 Å². The first-order chi connectivity index (χ1) is 9.25. The number of methoxy groups -OCH3 is 1. The van der Waals surface area contributed by atoms with Crippen LogP contribution in [0.3, 0.4) is 0 Å². The Morgan fingerprint density at radius 2 is 2.00 bits per heavy atom. The highest BCUT2D eigenvalue weighted by molar-refractivity contribution is 5.03. The van der Waals surface area contributed by atoms with Crippen LogP contribution in [0.15, 0.2) is 0 Å². The second kappa shape index (κ2) is 7.08. The maximum atomic E-state index is 5.99. The average molecular weight is 267 g/mol. The van der Waals surface area contributed by atoms with E-state index < -0.39 is 0 Å². The van der Waals surface area contributed by atoms with Crippen molar-refractivity contribution in [3.63, 3.8) is 0 Å². The fourth-order valence-electron chi connectivity index (χ4n) is 4.26. The largest absolute Gasteiger partial charge is 0.377 e. The van der Waals surface area contributed by atoms with Crippen LogP contribution in [0.1, 0.15) is 71.6 Å². The van der Waals surface area contributed by atoms with Gasteiger partial charge in [0.15, 0.2) is 0 Å². The molecule has 0 aromatic carbocycles. The molecule has 1 N–H and O–H groups in total. The van der Waals surface area contributed by atoms with Crippen molar-refractivity contribution >= 4 is 0 Å². The molecule has 3 atom stereocenters. The molecule has 0 heterocycles. The van der Waals surface area contributed by atoms with Crippen molar-refractivity contribution in [2.45, 2.75) is 83.3 Å². The van der Waals surface area contributed by atoms with E-state index in [1.54, 1.807) is 0 Å². The lowest BCUT2D eigenvalue weighted by molar-refractivity contribution is -0.116. The normalized spacial score (nSPS) is 31.7. The van der Waals surface area contributed by atoms with Crippen LogP contribution in [-0.2, 0) is 4.74 Å². The smallest absolute Gasteiger partial charge is 0.0833 e. The van der Waals surface area contributed by atoms with Crippen LogP contribution in [0.2, 0.25) is 0 Å². The van der Waals surface area contributed by atoms with E-state index in [2.05, 4.69) is 19.2 Å². The summed E-state index contributed by atoms with van der Waals surface area (Å²) < 4.78 is 5.99. The summed E-state index contributed by atoms with van der Waals surface area (Å²) in [6.45, 7) is 5.76. The number of hydrogen-bond donors (Lipinski definition) is 1. The standard InChI is InChI=1S/C17H33NO/c1-4-12-18-16(17(19-3)10-7-11-17)15-9-6-8-14(5-2)13-15/h14-16,18H,4-13H2,1-3H3. The van der Waals surface area contributed by atoms with Gasteiger partial charge in [-0.3, -0.25) is 0 Å². The molecule has 0 saturated heterocycles. The minimum atomic E-state index is 0.162. The molecule has 2 heteroatoms. The van der Waals surface area contributed by atoms with Gasteiger partial charge in [-0.2, -0.15) is 0 Å². The fourth-order valence-corrected chi connectivity index (χ4v) is 4.26. The minimum Gasteiger partial charge on any atom is -0.377 e. The Labute approximate surface area is 119 Å². The maximum Gasteiger partial charge on any atom is 0.0833 e. The van der Waals surface area contributed by atoms with Crippen molar-refractivity contribution in [1.82, 2.24) is 5.32 Å². The first-order valence-electron chi connectivity index (χ1n) is 8.54. The first-order valence-corrected chi connectivity index (χ1v) is 8.54. The SMILES string of the molecule is CCCNC(C1CCCC(CC)C1)C1(OC)CCC1. The third kappa shape index (κ3) is 3.33. The van der Waals surface area contributed by atoms with E-state index >= 15 is 0 Å². The van der Waals surface area contributed by atoms with Crippen LogP contribution >= 0.6 is 0 Å². The lowest BCUT2D eigenvalue weighted by atomic mass is 9.65. The van der Waals surface area contributed by atoms with E-state index in [-0.39, 0.29) is 5.60 Å². The lowest BCUT2D eigenvalue weighted by Gasteiger charge is -2.51. The Morgan fingerprint density at radius 3 is 2.53 bits per heavy atom. The molecule has 2 aliphatic carbocycles. The minimum absolute atomic E-state index is 0.162. The summed E-state index contributed by atoms with van der Waals surface area (Å²) in [5.74, 6) is 1.80. The molecule has 19 heavy (non-hydrogen) atoms. The lowest BCUT2D eigenvalue weighted by Crippen LogP contribution is -2.60. The van der Waals surface area contributed by atoms with Crippen molar-refractivity contribution in [3.05, 3.63) is 0 Å². The van der Waals surface area contributed by atoms with E-state index in [0.29, 0.717) is 6.04 Å². The molecule has 0 aliphatic heterocycles. The van der Waals surface area contributed by atoms with Crippen molar-refractivity contribution < 1.29 is 4.74 Å². The summed E-state index contributed by atoms with van der Waals surface area (Å²) in [6.07, 6.45) is 12.2. The van der Waals surface area contributed by atoms with Gasteiger partial charge in [-0.15, -0.1) is 0 Å². The highest BCUT2D eigenvalue weighted by atomic mass is 16.5. The predicted octanol–water partition coefficient (Wildman–Crippen LogP) is 4.14. The molecular weight excluding hydrogens is 234 g/mol. The van der Waals surface area contributed by atoms with Gasteiger partial charge in [0.05, 0.1) is 5.60 Å². The van der Waals surface area contributed by atoms with Crippen LogP contribution in [-0.4, -0.2) is 25.3 Å². The van der Waals surface area contributed by atoms with Crippen LogP contribution < -0.4 is 5.32 Å². The highest BCUT2D eigenvalue weighted by Crippen LogP contribution is 2.44. The van der Waals surface area contributed by atoms with Gasteiger partial charge in [0.25, 0.3) is 0 Å². The molecule has 3 unspecified atom stereocenters. The average Bonchev–Trinajstić information content (AvgIpc) is 2.41. The number of rotatable bonds is 7. The number of ether oxygens (including phenoxy) is 1. The van der Waals surface area contributed by atoms with Gasteiger partial charge in [0, 0.05) is 13.2 Å². The predicted molar refractivity (Wildman–Crippen MR) is 81.4 cm³/mol. The summed E-state index contributed by atoms with van der Waals surface area (Å²) in [4.78, 5) is 0. The molecule has 0 bridgehead atoms. The van der Waals surface area contributed by atoms with Crippen LogP contribution in [0.5, 0.6) is 0 Å². The van der Waals surface area contributed by atoms with Crippen molar-refractivity contribution in [2.24, 2.45) is 11.8 Å². The monoisotopic (exact) mass is 267 g/mol. The Hall–Kier alpha value is -0.0800. The highest BCUT2D eigenvalue weighted by Gasteiger charge is 2.47. The maximum absolute atomic E-state index is 5.99. The van der Waals surface area contributed by atoms with Gasteiger partial charge >= 0.3 is 0 Å². The summed E-state index contributed by atoms with van der Waals surface area (Å²) in [5, 5.41) is 3.85. The molecule has 112 valence electrons. The van der Waals surface area contributed by atoms with E-state index in [0.717, 1.165) is 18.4 Å². The molecule has 2 nitrogen and oxygen atoms in total. The Balaban J connectivity index is 2.03.